The molecule has 8 heteroatoms. The molecule has 2 N–H and O–H groups in total. The number of amides is 1. The molecular formula is C19H20N2O6. The molecule has 1 atom stereocenters. The third kappa shape index (κ3) is 5.53. The lowest BCUT2D eigenvalue weighted by atomic mass is 10.0. The highest BCUT2D eigenvalue weighted by atomic mass is 16.6. The third-order valence-electron chi connectivity index (χ3n) is 3.46. The van der Waals surface area contributed by atoms with Crippen LogP contribution in [0.2, 0.25) is 0 Å². The van der Waals surface area contributed by atoms with Gasteiger partial charge in [0, 0.05) is 19.2 Å². The molecule has 0 unspecified atom stereocenters. The number of pyridine rings is 1. The molecule has 2 aromatic rings. The number of hydrogen-bond donors (Lipinski definition) is 1. The molecule has 0 bridgehead atoms. The van der Waals surface area contributed by atoms with E-state index in [0.29, 0.717) is 11.3 Å². The van der Waals surface area contributed by atoms with Gasteiger partial charge in [-0.2, -0.15) is 0 Å². The van der Waals surface area contributed by atoms with Gasteiger partial charge in [0.1, 0.15) is 5.75 Å². The molecule has 0 aliphatic heterocycles. The number of nitrogens with zero attached hydrogens (tertiary/aromatic N) is 1. The van der Waals surface area contributed by atoms with Crippen LogP contribution in [-0.4, -0.2) is 36.0 Å². The first-order valence-corrected chi connectivity index (χ1v) is 8.22. The Morgan fingerprint density at radius 1 is 1.19 bits per heavy atom. The summed E-state index contributed by atoms with van der Waals surface area (Å²) in [5.74, 6) is -1.81. The van der Waals surface area contributed by atoms with Crippen LogP contribution in [0.15, 0.2) is 42.6 Å². The summed E-state index contributed by atoms with van der Waals surface area (Å²) in [5, 5.41) is 0. The van der Waals surface area contributed by atoms with Gasteiger partial charge in [0.25, 0.3) is 5.91 Å². The van der Waals surface area contributed by atoms with Crippen LogP contribution in [0.1, 0.15) is 41.6 Å². The molecular weight excluding hydrogens is 352 g/mol. The fourth-order valence-corrected chi connectivity index (χ4v) is 2.33. The Kier molecular flexibility index (Phi) is 6.87. The van der Waals surface area contributed by atoms with Gasteiger partial charge in [-0.15, -0.1) is 0 Å². The van der Waals surface area contributed by atoms with Gasteiger partial charge in [0.05, 0.1) is 17.9 Å². The van der Waals surface area contributed by atoms with Crippen molar-refractivity contribution in [3.05, 3.63) is 59.4 Å². The van der Waals surface area contributed by atoms with Gasteiger partial charge < -0.3 is 19.9 Å². The summed E-state index contributed by atoms with van der Waals surface area (Å²) in [7, 11) is 0. The second-order valence-electron chi connectivity index (χ2n) is 5.46. The number of aromatic nitrogens is 1. The molecule has 142 valence electrons. The predicted octanol–water partition coefficient (Wildman–Crippen LogP) is 1.77. The van der Waals surface area contributed by atoms with E-state index in [-0.39, 0.29) is 17.9 Å². The molecule has 0 aliphatic carbocycles. The maximum Gasteiger partial charge on any atom is 0.344 e. The molecule has 1 aromatic heterocycles. The van der Waals surface area contributed by atoms with Crippen LogP contribution in [0.25, 0.3) is 0 Å². The van der Waals surface area contributed by atoms with Crippen molar-refractivity contribution in [2.24, 2.45) is 5.73 Å². The first-order chi connectivity index (χ1) is 12.9. The summed E-state index contributed by atoms with van der Waals surface area (Å²) in [6.45, 7) is 2.75. The standard InChI is InChI=1S/C19H20N2O6/c1-3-25-17(23)11-26-16-9-15(21-10-14(16)19(20)24)18(27-12(2)22)13-7-5-4-6-8-13/h4-10,18H,3,11H2,1-2H3,(H2,20,24)/t18-/m0/s1. The number of carbonyl (C=O) groups is 3. The number of hydrogen-bond acceptors (Lipinski definition) is 7. The lowest BCUT2D eigenvalue weighted by molar-refractivity contribution is -0.145. The van der Waals surface area contributed by atoms with E-state index in [1.165, 1.54) is 19.2 Å². The minimum atomic E-state index is -0.810. The summed E-state index contributed by atoms with van der Waals surface area (Å²) < 4.78 is 15.6. The quantitative estimate of drug-likeness (QED) is 0.702. The van der Waals surface area contributed by atoms with Crippen LogP contribution in [-0.2, 0) is 19.1 Å². The van der Waals surface area contributed by atoms with E-state index < -0.39 is 30.6 Å². The van der Waals surface area contributed by atoms with Crippen molar-refractivity contribution in [1.82, 2.24) is 4.98 Å². The van der Waals surface area contributed by atoms with Gasteiger partial charge in [-0.25, -0.2) is 4.79 Å². The lowest BCUT2D eigenvalue weighted by Crippen LogP contribution is -2.19. The van der Waals surface area contributed by atoms with Crippen molar-refractivity contribution in [1.29, 1.82) is 0 Å². The van der Waals surface area contributed by atoms with Crippen molar-refractivity contribution >= 4 is 17.8 Å². The SMILES string of the molecule is CCOC(=O)COc1cc([C@@H](OC(C)=O)c2ccccc2)ncc1C(N)=O. The third-order valence-corrected chi connectivity index (χ3v) is 3.46. The van der Waals surface area contributed by atoms with Gasteiger partial charge in [0.2, 0.25) is 0 Å². The van der Waals surface area contributed by atoms with Crippen molar-refractivity contribution in [2.75, 3.05) is 13.2 Å². The smallest absolute Gasteiger partial charge is 0.344 e. The van der Waals surface area contributed by atoms with Crippen molar-refractivity contribution in [2.45, 2.75) is 20.0 Å². The first kappa shape index (κ1) is 19.9. The zero-order valence-electron chi connectivity index (χ0n) is 15.0. The van der Waals surface area contributed by atoms with E-state index in [1.54, 1.807) is 31.2 Å². The van der Waals surface area contributed by atoms with E-state index in [0.717, 1.165) is 0 Å². The largest absolute Gasteiger partial charge is 0.481 e. The zero-order valence-corrected chi connectivity index (χ0v) is 15.0. The Morgan fingerprint density at radius 3 is 2.48 bits per heavy atom. The molecule has 1 aromatic carbocycles. The van der Waals surface area contributed by atoms with Crippen LogP contribution in [0.3, 0.4) is 0 Å². The Balaban J connectivity index is 2.39. The molecule has 0 aliphatic rings. The Labute approximate surface area is 156 Å². The zero-order chi connectivity index (χ0) is 19.8. The molecule has 0 saturated carbocycles. The summed E-state index contributed by atoms with van der Waals surface area (Å²) >= 11 is 0. The number of ether oxygens (including phenoxy) is 3. The summed E-state index contributed by atoms with van der Waals surface area (Å²) in [6.07, 6.45) is 0.410. The minimum absolute atomic E-state index is 0.00214. The van der Waals surface area contributed by atoms with Gasteiger partial charge in [-0.3, -0.25) is 14.6 Å². The lowest BCUT2D eigenvalue weighted by Gasteiger charge is -2.18. The number of esters is 2. The number of benzene rings is 1. The normalized spacial score (nSPS) is 11.3. The average molecular weight is 372 g/mol. The fourth-order valence-electron chi connectivity index (χ4n) is 2.33. The summed E-state index contributed by atoms with van der Waals surface area (Å²) in [5.41, 5.74) is 6.34. The molecule has 27 heavy (non-hydrogen) atoms. The second kappa shape index (κ2) is 9.33. The molecule has 1 amide bonds. The molecule has 8 nitrogen and oxygen atoms in total. The minimum Gasteiger partial charge on any atom is -0.481 e. The first-order valence-electron chi connectivity index (χ1n) is 8.22. The summed E-state index contributed by atoms with van der Waals surface area (Å²) in [4.78, 5) is 38.9. The maximum atomic E-state index is 11.6. The van der Waals surface area contributed by atoms with Crippen LogP contribution >= 0.6 is 0 Å². The number of rotatable bonds is 8. The van der Waals surface area contributed by atoms with E-state index in [2.05, 4.69) is 4.98 Å². The second-order valence-corrected chi connectivity index (χ2v) is 5.46. The van der Waals surface area contributed by atoms with E-state index in [9.17, 15) is 14.4 Å². The van der Waals surface area contributed by atoms with Crippen LogP contribution < -0.4 is 10.5 Å². The monoisotopic (exact) mass is 372 g/mol. The maximum absolute atomic E-state index is 11.6. The van der Waals surface area contributed by atoms with Crippen LogP contribution in [0.5, 0.6) is 5.75 Å². The average Bonchev–Trinajstić information content (AvgIpc) is 2.65. The molecule has 1 heterocycles. The summed E-state index contributed by atoms with van der Waals surface area (Å²) in [6, 6.07) is 10.4. The van der Waals surface area contributed by atoms with E-state index >= 15 is 0 Å². The number of carbonyl (C=O) groups excluding carboxylic acids is 3. The van der Waals surface area contributed by atoms with Crippen LogP contribution in [0.4, 0.5) is 0 Å². The van der Waals surface area contributed by atoms with Crippen molar-refractivity contribution in [3.63, 3.8) is 0 Å². The van der Waals surface area contributed by atoms with Gasteiger partial charge in [-0.05, 0) is 12.5 Å². The van der Waals surface area contributed by atoms with Crippen LogP contribution in [0, 0.1) is 0 Å². The Bertz CT molecular complexity index is 822. The Hall–Kier alpha value is -3.42. The molecule has 0 fully saturated rings. The number of primary amides is 1. The number of nitrogens with two attached hydrogens (primary N) is 1. The highest BCUT2D eigenvalue weighted by Gasteiger charge is 2.22. The molecule has 2 rings (SSSR count). The van der Waals surface area contributed by atoms with E-state index in [1.807, 2.05) is 6.07 Å². The molecule has 0 saturated heterocycles. The topological polar surface area (TPSA) is 118 Å². The predicted molar refractivity (Wildman–Crippen MR) is 94.9 cm³/mol. The van der Waals surface area contributed by atoms with Crippen molar-refractivity contribution < 1.29 is 28.6 Å². The Morgan fingerprint density at radius 2 is 1.89 bits per heavy atom. The van der Waals surface area contributed by atoms with Gasteiger partial charge in [0.15, 0.2) is 12.7 Å². The van der Waals surface area contributed by atoms with E-state index in [4.69, 9.17) is 19.9 Å². The van der Waals surface area contributed by atoms with Gasteiger partial charge in [-0.1, -0.05) is 30.3 Å². The molecule has 0 spiro atoms. The fraction of sp³-hybridized carbons (Fsp3) is 0.263. The highest BCUT2D eigenvalue weighted by molar-refractivity contribution is 5.95. The highest BCUT2D eigenvalue weighted by Crippen LogP contribution is 2.29. The van der Waals surface area contributed by atoms with Crippen molar-refractivity contribution in [3.8, 4) is 5.75 Å². The van der Waals surface area contributed by atoms with Gasteiger partial charge >= 0.3 is 11.9 Å². The molecule has 0 radical (unpaired) electrons.